The summed E-state index contributed by atoms with van der Waals surface area (Å²) in [4.78, 5) is 0. The maximum Gasteiger partial charge on any atom is 0.141 e. The molecule has 0 spiro atoms. The minimum atomic E-state index is -0.361. The molecule has 0 aliphatic heterocycles. The van der Waals surface area contributed by atoms with Crippen LogP contribution in [0.15, 0.2) is 18.2 Å². The molecule has 0 heterocycles. The first-order chi connectivity index (χ1) is 8.49. The molecule has 0 aliphatic carbocycles. The Morgan fingerprint density at radius 1 is 1.22 bits per heavy atom. The van der Waals surface area contributed by atoms with Crippen molar-refractivity contribution in [3.63, 3.8) is 0 Å². The van der Waals surface area contributed by atoms with Gasteiger partial charge in [-0.25, -0.2) is 4.39 Å². The first-order valence-corrected chi connectivity index (χ1v) is 7.08. The van der Waals surface area contributed by atoms with E-state index in [9.17, 15) is 4.39 Å². The van der Waals surface area contributed by atoms with Gasteiger partial charge in [0.2, 0.25) is 0 Å². The molecule has 1 rings (SSSR count). The Bertz CT molecular complexity index is 377. The van der Waals surface area contributed by atoms with Gasteiger partial charge in [-0.2, -0.15) is 0 Å². The Hall–Kier alpha value is -0.600. The van der Waals surface area contributed by atoms with Crippen LogP contribution in [0.1, 0.15) is 52.1 Å². The summed E-state index contributed by atoms with van der Waals surface area (Å²) in [6.45, 7) is 8.72. The molecule has 0 aliphatic rings. The van der Waals surface area contributed by atoms with Gasteiger partial charge >= 0.3 is 0 Å². The quantitative estimate of drug-likeness (QED) is 0.772. The fraction of sp³-hybridized carbons (Fsp3) is 0.600. The zero-order valence-corrected chi connectivity index (χ0v) is 12.4. The van der Waals surface area contributed by atoms with Gasteiger partial charge in [-0.15, -0.1) is 0 Å². The molecule has 0 bridgehead atoms. The summed E-state index contributed by atoms with van der Waals surface area (Å²) in [7, 11) is 0. The SMILES string of the molecule is CCC(CC)C(C)NC(C)c1ccc(F)c(Cl)c1. The number of hydrogen-bond donors (Lipinski definition) is 1. The Kier molecular flexibility index (Phi) is 6.10. The van der Waals surface area contributed by atoms with E-state index < -0.39 is 0 Å². The molecule has 0 saturated heterocycles. The third-order valence-corrected chi connectivity index (χ3v) is 4.00. The smallest absolute Gasteiger partial charge is 0.141 e. The number of hydrogen-bond acceptors (Lipinski definition) is 1. The average molecular weight is 272 g/mol. The Morgan fingerprint density at radius 3 is 2.33 bits per heavy atom. The van der Waals surface area contributed by atoms with Crippen LogP contribution in [0.2, 0.25) is 5.02 Å². The van der Waals surface area contributed by atoms with E-state index in [1.54, 1.807) is 12.1 Å². The summed E-state index contributed by atoms with van der Waals surface area (Å²) in [6, 6.07) is 5.54. The molecule has 1 N–H and O–H groups in total. The van der Waals surface area contributed by atoms with Gasteiger partial charge in [-0.1, -0.05) is 44.4 Å². The lowest BCUT2D eigenvalue weighted by molar-refractivity contribution is 0.330. The van der Waals surface area contributed by atoms with E-state index >= 15 is 0 Å². The largest absolute Gasteiger partial charge is 0.307 e. The lowest BCUT2D eigenvalue weighted by atomic mass is 9.94. The van der Waals surface area contributed by atoms with Gasteiger partial charge in [0.15, 0.2) is 0 Å². The van der Waals surface area contributed by atoms with Gasteiger partial charge in [0.25, 0.3) is 0 Å². The van der Waals surface area contributed by atoms with Gasteiger partial charge in [0.1, 0.15) is 5.82 Å². The monoisotopic (exact) mass is 271 g/mol. The van der Waals surface area contributed by atoms with Gasteiger partial charge in [-0.05, 0) is 37.5 Å². The van der Waals surface area contributed by atoms with E-state index in [2.05, 4.69) is 33.0 Å². The molecule has 0 saturated carbocycles. The van der Waals surface area contributed by atoms with E-state index in [1.807, 2.05) is 0 Å². The first-order valence-electron chi connectivity index (χ1n) is 6.70. The van der Waals surface area contributed by atoms with Crippen molar-refractivity contribution in [3.05, 3.63) is 34.6 Å². The zero-order chi connectivity index (χ0) is 13.7. The van der Waals surface area contributed by atoms with Crippen LogP contribution in [0, 0.1) is 11.7 Å². The average Bonchev–Trinajstić information content (AvgIpc) is 2.34. The fourth-order valence-corrected chi connectivity index (χ4v) is 2.59. The number of nitrogens with one attached hydrogen (secondary N) is 1. The van der Waals surface area contributed by atoms with E-state index in [1.165, 1.54) is 18.9 Å². The topological polar surface area (TPSA) is 12.0 Å². The van der Waals surface area contributed by atoms with E-state index in [0.29, 0.717) is 12.0 Å². The molecule has 18 heavy (non-hydrogen) atoms. The van der Waals surface area contributed by atoms with E-state index in [-0.39, 0.29) is 16.9 Å². The fourth-order valence-electron chi connectivity index (χ4n) is 2.40. The zero-order valence-electron chi connectivity index (χ0n) is 11.6. The summed E-state index contributed by atoms with van der Waals surface area (Å²) in [5.74, 6) is 0.309. The molecule has 0 radical (unpaired) electrons. The molecule has 1 aromatic carbocycles. The Balaban J connectivity index is 2.69. The standard InChI is InChI=1S/C15H23ClFN/c1-5-12(6-2)10(3)18-11(4)13-7-8-15(17)14(16)9-13/h7-12,18H,5-6H2,1-4H3. The van der Waals surface area contributed by atoms with Crippen LogP contribution in [0.4, 0.5) is 4.39 Å². The van der Waals surface area contributed by atoms with Crippen molar-refractivity contribution in [2.45, 2.75) is 52.6 Å². The summed E-state index contributed by atoms with van der Waals surface area (Å²) in [6.07, 6.45) is 2.34. The van der Waals surface area contributed by atoms with Crippen molar-refractivity contribution in [2.75, 3.05) is 0 Å². The highest BCUT2D eigenvalue weighted by Crippen LogP contribution is 2.22. The summed E-state index contributed by atoms with van der Waals surface area (Å²) in [5, 5.41) is 3.75. The van der Waals surface area contributed by atoms with Crippen molar-refractivity contribution in [1.82, 2.24) is 5.32 Å². The number of benzene rings is 1. The molecule has 3 heteroatoms. The van der Waals surface area contributed by atoms with Crippen molar-refractivity contribution in [3.8, 4) is 0 Å². The predicted molar refractivity (Wildman–Crippen MR) is 76.5 cm³/mol. The minimum absolute atomic E-state index is 0.179. The molecule has 0 fully saturated rings. The highest BCUT2D eigenvalue weighted by Gasteiger charge is 2.16. The van der Waals surface area contributed by atoms with Crippen molar-refractivity contribution in [2.24, 2.45) is 5.92 Å². The highest BCUT2D eigenvalue weighted by molar-refractivity contribution is 6.30. The minimum Gasteiger partial charge on any atom is -0.307 e. The molecule has 2 atom stereocenters. The summed E-state index contributed by atoms with van der Waals surface area (Å²) >= 11 is 5.81. The molecule has 102 valence electrons. The lowest BCUT2D eigenvalue weighted by Gasteiger charge is -2.26. The normalized spacial score (nSPS) is 14.8. The van der Waals surface area contributed by atoms with Gasteiger partial charge < -0.3 is 5.32 Å². The molecule has 1 aromatic rings. The van der Waals surface area contributed by atoms with Crippen molar-refractivity contribution < 1.29 is 4.39 Å². The second kappa shape index (κ2) is 7.10. The maximum absolute atomic E-state index is 13.1. The van der Waals surface area contributed by atoms with Gasteiger partial charge in [0, 0.05) is 12.1 Å². The van der Waals surface area contributed by atoms with Crippen LogP contribution in [-0.4, -0.2) is 6.04 Å². The predicted octanol–water partition coefficient (Wildman–Crippen LogP) is 4.95. The van der Waals surface area contributed by atoms with Crippen LogP contribution in [-0.2, 0) is 0 Å². The highest BCUT2D eigenvalue weighted by atomic mass is 35.5. The molecule has 0 aromatic heterocycles. The van der Waals surface area contributed by atoms with Gasteiger partial charge in [-0.3, -0.25) is 0 Å². The van der Waals surface area contributed by atoms with Crippen LogP contribution in [0.25, 0.3) is 0 Å². The summed E-state index contributed by atoms with van der Waals surface area (Å²) < 4.78 is 13.1. The molecule has 0 amide bonds. The third kappa shape index (κ3) is 3.96. The Labute approximate surface area is 115 Å². The third-order valence-electron chi connectivity index (χ3n) is 3.71. The molecule has 2 unspecified atom stereocenters. The maximum atomic E-state index is 13.1. The summed E-state index contributed by atoms with van der Waals surface area (Å²) in [5.41, 5.74) is 1.03. The second-order valence-corrected chi connectivity index (χ2v) is 5.33. The first kappa shape index (κ1) is 15.5. The van der Waals surface area contributed by atoms with E-state index in [0.717, 1.165) is 5.56 Å². The molecular formula is C15H23ClFN. The Morgan fingerprint density at radius 2 is 1.83 bits per heavy atom. The van der Waals surface area contributed by atoms with Crippen LogP contribution < -0.4 is 5.32 Å². The van der Waals surface area contributed by atoms with Crippen molar-refractivity contribution >= 4 is 11.6 Å². The van der Waals surface area contributed by atoms with E-state index in [4.69, 9.17) is 11.6 Å². The molecular weight excluding hydrogens is 249 g/mol. The van der Waals surface area contributed by atoms with Crippen LogP contribution in [0.5, 0.6) is 0 Å². The number of halogens is 2. The van der Waals surface area contributed by atoms with Crippen LogP contribution in [0.3, 0.4) is 0 Å². The lowest BCUT2D eigenvalue weighted by Crippen LogP contribution is -2.35. The second-order valence-electron chi connectivity index (χ2n) is 4.93. The number of rotatable bonds is 6. The molecule has 1 nitrogen and oxygen atoms in total. The van der Waals surface area contributed by atoms with Crippen LogP contribution >= 0.6 is 11.6 Å². The van der Waals surface area contributed by atoms with Gasteiger partial charge in [0.05, 0.1) is 5.02 Å². The van der Waals surface area contributed by atoms with Crippen molar-refractivity contribution in [1.29, 1.82) is 0 Å².